The number of nitrogens with zero attached hydrogens (tertiary/aromatic N) is 1. The van der Waals surface area contributed by atoms with Crippen LogP contribution in [0.1, 0.15) is 17.7 Å². The minimum Gasteiger partial charge on any atom is -0.396 e. The smallest absolute Gasteiger partial charge is 0.246 e. The second-order valence-electron chi connectivity index (χ2n) is 5.56. The summed E-state index contributed by atoms with van der Waals surface area (Å²) in [6.45, 7) is 1.65. The molecule has 1 amide bonds. The van der Waals surface area contributed by atoms with E-state index in [2.05, 4.69) is 0 Å². The number of aliphatic hydroxyl groups is 1. The van der Waals surface area contributed by atoms with Crippen molar-refractivity contribution in [2.24, 2.45) is 5.92 Å². The second-order valence-corrected chi connectivity index (χ2v) is 7.02. The van der Waals surface area contributed by atoms with Crippen LogP contribution < -0.4 is 0 Å². The number of carbonyl (C=O) groups excluding carboxylic acids is 1. The lowest BCUT2D eigenvalue weighted by Gasteiger charge is -2.30. The van der Waals surface area contributed by atoms with Gasteiger partial charge in [0, 0.05) is 40.7 Å². The Labute approximate surface area is 138 Å². The van der Waals surface area contributed by atoms with Gasteiger partial charge in [-0.2, -0.15) is 0 Å². The lowest BCUT2D eigenvalue weighted by molar-refractivity contribution is -0.127. The molecule has 1 aliphatic heterocycles. The number of hydrogen-bond acceptors (Lipinski definition) is 3. The zero-order valence-electron chi connectivity index (χ0n) is 12.2. The number of rotatable bonds is 3. The van der Waals surface area contributed by atoms with E-state index in [4.69, 9.17) is 16.7 Å². The summed E-state index contributed by atoms with van der Waals surface area (Å²) in [5, 5.41) is 10.9. The molecule has 0 aliphatic carbocycles. The third kappa shape index (κ3) is 3.19. The third-order valence-corrected chi connectivity index (χ3v) is 5.78. The van der Waals surface area contributed by atoms with Crippen LogP contribution in [0.3, 0.4) is 0 Å². The average molecular weight is 336 g/mol. The summed E-state index contributed by atoms with van der Waals surface area (Å²) in [6, 6.07) is 7.97. The van der Waals surface area contributed by atoms with Gasteiger partial charge in [0.15, 0.2) is 0 Å². The van der Waals surface area contributed by atoms with Gasteiger partial charge in [0.1, 0.15) is 0 Å². The molecule has 22 heavy (non-hydrogen) atoms. The van der Waals surface area contributed by atoms with Gasteiger partial charge in [0.25, 0.3) is 0 Å². The summed E-state index contributed by atoms with van der Waals surface area (Å²) in [6.07, 6.45) is 5.17. The molecule has 2 aromatic rings. The first-order valence-corrected chi connectivity index (χ1v) is 8.63. The number of likely N-dealkylation sites (tertiary alicyclic amines) is 1. The summed E-state index contributed by atoms with van der Waals surface area (Å²) in [5.41, 5.74) is 0. The van der Waals surface area contributed by atoms with Gasteiger partial charge in [-0.1, -0.05) is 29.8 Å². The van der Waals surface area contributed by atoms with Crippen LogP contribution in [0, 0.1) is 5.92 Å². The molecule has 1 aromatic carbocycles. The van der Waals surface area contributed by atoms with Crippen molar-refractivity contribution < 1.29 is 9.90 Å². The maximum Gasteiger partial charge on any atom is 0.246 e. The van der Waals surface area contributed by atoms with E-state index >= 15 is 0 Å². The van der Waals surface area contributed by atoms with E-state index < -0.39 is 0 Å². The van der Waals surface area contributed by atoms with Gasteiger partial charge in [0.05, 0.1) is 5.02 Å². The van der Waals surface area contributed by atoms with Crippen molar-refractivity contribution in [2.45, 2.75) is 12.8 Å². The molecule has 116 valence electrons. The molecule has 1 aromatic heterocycles. The molecule has 1 aliphatic rings. The Kier molecular flexibility index (Phi) is 4.81. The van der Waals surface area contributed by atoms with E-state index in [9.17, 15) is 4.79 Å². The lowest BCUT2D eigenvalue weighted by atomic mass is 9.98. The predicted octanol–water partition coefficient (Wildman–Crippen LogP) is 3.80. The second kappa shape index (κ2) is 6.82. The van der Waals surface area contributed by atoms with Crippen LogP contribution in [0.5, 0.6) is 0 Å². The van der Waals surface area contributed by atoms with Gasteiger partial charge >= 0.3 is 0 Å². The molecule has 0 bridgehead atoms. The van der Waals surface area contributed by atoms with Gasteiger partial charge in [0.2, 0.25) is 5.91 Å². The van der Waals surface area contributed by atoms with Crippen molar-refractivity contribution in [3.63, 3.8) is 0 Å². The number of piperidine rings is 1. The quantitative estimate of drug-likeness (QED) is 0.867. The molecule has 1 saturated heterocycles. The maximum absolute atomic E-state index is 12.2. The standard InChI is InChI=1S/C17H18ClNO2S/c18-17-13-3-1-2-4-14(13)22-15(17)5-6-16(21)19-9-7-12(11-20)8-10-19/h1-6,12,20H,7-11H2/b6-5+. The highest BCUT2D eigenvalue weighted by atomic mass is 35.5. The fourth-order valence-corrected chi connectivity index (χ4v) is 4.13. The molecule has 1 N–H and O–H groups in total. The van der Waals surface area contributed by atoms with Crippen molar-refractivity contribution in [2.75, 3.05) is 19.7 Å². The number of thiophene rings is 1. The zero-order valence-corrected chi connectivity index (χ0v) is 13.7. The highest BCUT2D eigenvalue weighted by molar-refractivity contribution is 7.20. The number of benzene rings is 1. The SMILES string of the molecule is O=C(/C=C/c1sc2ccccc2c1Cl)N1CCC(CO)CC1. The number of hydrogen-bond donors (Lipinski definition) is 1. The van der Waals surface area contributed by atoms with Crippen molar-refractivity contribution >= 4 is 45.0 Å². The average Bonchev–Trinajstić information content (AvgIpc) is 2.89. The summed E-state index contributed by atoms with van der Waals surface area (Å²) in [5.74, 6) is 0.356. The molecule has 0 radical (unpaired) electrons. The van der Waals surface area contributed by atoms with Gasteiger partial charge in [-0.05, 0) is 30.9 Å². The first kappa shape index (κ1) is 15.5. The Bertz CT molecular complexity index is 702. The third-order valence-electron chi connectivity index (χ3n) is 4.12. The number of aliphatic hydroxyl groups excluding tert-OH is 1. The topological polar surface area (TPSA) is 40.5 Å². The molecule has 0 saturated carbocycles. The maximum atomic E-state index is 12.2. The van der Waals surface area contributed by atoms with E-state index in [0.29, 0.717) is 24.0 Å². The van der Waals surface area contributed by atoms with Crippen LogP contribution in [0.15, 0.2) is 30.3 Å². The Morgan fingerprint density at radius 3 is 2.77 bits per heavy atom. The predicted molar refractivity (Wildman–Crippen MR) is 92.3 cm³/mol. The van der Waals surface area contributed by atoms with Crippen molar-refractivity contribution in [3.05, 3.63) is 40.2 Å². The van der Waals surface area contributed by atoms with Crippen molar-refractivity contribution in [3.8, 4) is 0 Å². The number of amides is 1. The first-order valence-electron chi connectivity index (χ1n) is 7.44. The lowest BCUT2D eigenvalue weighted by Crippen LogP contribution is -2.38. The molecule has 5 heteroatoms. The van der Waals surface area contributed by atoms with E-state index in [1.807, 2.05) is 35.2 Å². The Morgan fingerprint density at radius 1 is 1.36 bits per heavy atom. The molecule has 1 fully saturated rings. The van der Waals surface area contributed by atoms with Crippen molar-refractivity contribution in [1.29, 1.82) is 0 Å². The van der Waals surface area contributed by atoms with Crippen molar-refractivity contribution in [1.82, 2.24) is 4.90 Å². The fraction of sp³-hybridized carbons (Fsp3) is 0.353. The summed E-state index contributed by atoms with van der Waals surface area (Å²) >= 11 is 7.96. The number of carbonyl (C=O) groups is 1. The molecular weight excluding hydrogens is 318 g/mol. The van der Waals surface area contributed by atoms with Crippen LogP contribution in [-0.4, -0.2) is 35.6 Å². The van der Waals surface area contributed by atoms with E-state index in [-0.39, 0.29) is 12.5 Å². The summed E-state index contributed by atoms with van der Waals surface area (Å²) < 4.78 is 1.13. The molecule has 3 rings (SSSR count). The fourth-order valence-electron chi connectivity index (χ4n) is 2.73. The Morgan fingerprint density at radius 2 is 2.09 bits per heavy atom. The first-order chi connectivity index (χ1) is 10.7. The number of fused-ring (bicyclic) bond motifs is 1. The normalized spacial score (nSPS) is 16.7. The van der Waals surface area contributed by atoms with Gasteiger partial charge < -0.3 is 10.0 Å². The summed E-state index contributed by atoms with van der Waals surface area (Å²) in [4.78, 5) is 15.0. The minimum absolute atomic E-state index is 0.0184. The molecule has 0 atom stereocenters. The van der Waals surface area contributed by atoms with E-state index in [1.54, 1.807) is 17.4 Å². The van der Waals surface area contributed by atoms with Gasteiger partial charge in [-0.3, -0.25) is 4.79 Å². The van der Waals surface area contributed by atoms with Gasteiger partial charge in [-0.15, -0.1) is 11.3 Å². The molecule has 3 nitrogen and oxygen atoms in total. The van der Waals surface area contributed by atoms with Crippen LogP contribution >= 0.6 is 22.9 Å². The monoisotopic (exact) mass is 335 g/mol. The van der Waals surface area contributed by atoms with E-state index in [0.717, 1.165) is 27.8 Å². The molecule has 0 unspecified atom stereocenters. The molecule has 2 heterocycles. The largest absolute Gasteiger partial charge is 0.396 e. The van der Waals surface area contributed by atoms with Crippen LogP contribution in [-0.2, 0) is 4.79 Å². The Balaban J connectivity index is 1.70. The van der Waals surface area contributed by atoms with Crippen LogP contribution in [0.25, 0.3) is 16.2 Å². The minimum atomic E-state index is 0.0184. The van der Waals surface area contributed by atoms with Crippen LogP contribution in [0.2, 0.25) is 5.02 Å². The van der Waals surface area contributed by atoms with Crippen LogP contribution in [0.4, 0.5) is 0 Å². The molecular formula is C17H18ClNO2S. The van der Waals surface area contributed by atoms with Gasteiger partial charge in [-0.25, -0.2) is 0 Å². The zero-order chi connectivity index (χ0) is 15.5. The highest BCUT2D eigenvalue weighted by Crippen LogP contribution is 2.35. The summed E-state index contributed by atoms with van der Waals surface area (Å²) in [7, 11) is 0. The molecule has 0 spiro atoms. The Hall–Kier alpha value is -1.36. The number of halogens is 1. The van der Waals surface area contributed by atoms with E-state index in [1.165, 1.54) is 0 Å². The highest BCUT2D eigenvalue weighted by Gasteiger charge is 2.20.